The Morgan fingerprint density at radius 1 is 1.28 bits per heavy atom. The van der Waals surface area contributed by atoms with Crippen LogP contribution in [0.1, 0.15) is 61.7 Å². The number of likely N-dealkylation sites (tertiary alicyclic amines) is 1. The van der Waals surface area contributed by atoms with Gasteiger partial charge < -0.3 is 14.7 Å². The minimum Gasteiger partial charge on any atom is -0.344 e. The molecule has 1 aromatic carbocycles. The van der Waals surface area contributed by atoms with Crippen molar-refractivity contribution in [1.82, 2.24) is 20.4 Å². The minimum absolute atomic E-state index is 0.0380. The highest BCUT2D eigenvalue weighted by Gasteiger charge is 2.36. The van der Waals surface area contributed by atoms with Gasteiger partial charge in [-0.3, -0.25) is 9.59 Å². The van der Waals surface area contributed by atoms with Crippen LogP contribution in [-0.2, 0) is 10.3 Å². The van der Waals surface area contributed by atoms with E-state index >= 15 is 0 Å². The first kappa shape index (κ1) is 17.1. The normalized spacial score (nSPS) is 17.6. The van der Waals surface area contributed by atoms with E-state index in [1.165, 1.54) is 6.92 Å². The molecular weight excluding hydrogens is 320 g/mol. The van der Waals surface area contributed by atoms with Crippen LogP contribution >= 0.6 is 0 Å². The molecule has 2 amide bonds. The van der Waals surface area contributed by atoms with Gasteiger partial charge in [0.2, 0.25) is 11.8 Å². The molecule has 0 radical (unpaired) electrons. The summed E-state index contributed by atoms with van der Waals surface area (Å²) in [6, 6.07) is 8.94. The van der Waals surface area contributed by atoms with E-state index in [1.807, 2.05) is 32.0 Å². The Labute approximate surface area is 146 Å². The highest BCUT2D eigenvalue weighted by molar-refractivity contribution is 5.94. The maximum atomic E-state index is 12.8. The fourth-order valence-electron chi connectivity index (χ4n) is 3.13. The molecule has 1 atom stereocenters. The Bertz CT molecular complexity index is 770. The summed E-state index contributed by atoms with van der Waals surface area (Å²) < 4.78 is 5.43. The average Bonchev–Trinajstić information content (AvgIpc) is 3.23. The third-order valence-electron chi connectivity index (χ3n) is 4.31. The Morgan fingerprint density at radius 2 is 2.00 bits per heavy atom. The van der Waals surface area contributed by atoms with Gasteiger partial charge in [0, 0.05) is 19.0 Å². The summed E-state index contributed by atoms with van der Waals surface area (Å²) in [4.78, 5) is 30.3. The van der Waals surface area contributed by atoms with Crippen LogP contribution in [-0.4, -0.2) is 33.4 Å². The van der Waals surface area contributed by atoms with Gasteiger partial charge in [0.15, 0.2) is 5.82 Å². The Morgan fingerprint density at radius 3 is 2.68 bits per heavy atom. The van der Waals surface area contributed by atoms with Crippen molar-refractivity contribution in [2.24, 2.45) is 0 Å². The molecule has 2 heterocycles. The lowest BCUT2D eigenvalue weighted by Crippen LogP contribution is -2.40. The second kappa shape index (κ2) is 6.66. The molecule has 25 heavy (non-hydrogen) atoms. The lowest BCUT2D eigenvalue weighted by Gasteiger charge is -2.22. The van der Waals surface area contributed by atoms with E-state index in [0.29, 0.717) is 23.8 Å². The summed E-state index contributed by atoms with van der Waals surface area (Å²) in [5, 5.41) is 6.81. The number of aromatic nitrogens is 2. The molecule has 1 saturated heterocycles. The fourth-order valence-corrected chi connectivity index (χ4v) is 3.13. The SMILES string of the molecule is CC(=O)NC(C)(C)c1noc([C@@H]2CCCN2C(=O)c2ccccc2)n1. The molecule has 0 aliphatic carbocycles. The molecule has 3 rings (SSSR count). The summed E-state index contributed by atoms with van der Waals surface area (Å²) in [5.41, 5.74) is -0.0896. The second-order valence-corrected chi connectivity index (χ2v) is 6.79. The number of nitrogens with zero attached hydrogens (tertiary/aromatic N) is 3. The number of benzene rings is 1. The van der Waals surface area contributed by atoms with E-state index in [0.717, 1.165) is 12.8 Å². The van der Waals surface area contributed by atoms with Crippen LogP contribution in [0.5, 0.6) is 0 Å². The standard InChI is InChI=1S/C18H22N4O3/c1-12(23)20-18(2,3)17-19-15(25-21-17)14-10-7-11-22(14)16(24)13-8-5-4-6-9-13/h4-6,8-9,14H,7,10-11H2,1-3H3,(H,20,23)/t14-/m0/s1. The predicted octanol–water partition coefficient (Wildman–Crippen LogP) is 2.42. The minimum atomic E-state index is -0.736. The molecule has 1 N–H and O–H groups in total. The third-order valence-corrected chi connectivity index (χ3v) is 4.31. The molecule has 0 saturated carbocycles. The van der Waals surface area contributed by atoms with Crippen molar-refractivity contribution in [1.29, 1.82) is 0 Å². The Balaban J connectivity index is 1.82. The van der Waals surface area contributed by atoms with Crippen molar-refractivity contribution in [2.75, 3.05) is 6.54 Å². The molecule has 7 nitrogen and oxygen atoms in total. The highest BCUT2D eigenvalue weighted by atomic mass is 16.5. The quantitative estimate of drug-likeness (QED) is 0.922. The van der Waals surface area contributed by atoms with Crippen LogP contribution in [0.2, 0.25) is 0 Å². The molecular formula is C18H22N4O3. The van der Waals surface area contributed by atoms with Gasteiger partial charge in [-0.1, -0.05) is 23.4 Å². The maximum Gasteiger partial charge on any atom is 0.254 e. The molecule has 1 aliphatic rings. The molecule has 0 spiro atoms. The predicted molar refractivity (Wildman–Crippen MR) is 90.6 cm³/mol. The molecule has 1 aliphatic heterocycles. The van der Waals surface area contributed by atoms with Crippen molar-refractivity contribution >= 4 is 11.8 Å². The number of carbonyl (C=O) groups is 2. The summed E-state index contributed by atoms with van der Waals surface area (Å²) in [6.07, 6.45) is 1.66. The van der Waals surface area contributed by atoms with E-state index in [4.69, 9.17) is 4.52 Å². The summed E-state index contributed by atoms with van der Waals surface area (Å²) >= 11 is 0. The number of carbonyl (C=O) groups excluding carboxylic acids is 2. The van der Waals surface area contributed by atoms with E-state index < -0.39 is 5.54 Å². The monoisotopic (exact) mass is 342 g/mol. The van der Waals surface area contributed by atoms with E-state index in [-0.39, 0.29) is 17.9 Å². The number of hydrogen-bond acceptors (Lipinski definition) is 5. The topological polar surface area (TPSA) is 88.3 Å². The van der Waals surface area contributed by atoms with E-state index in [9.17, 15) is 9.59 Å². The van der Waals surface area contributed by atoms with Gasteiger partial charge in [0.05, 0.1) is 5.54 Å². The Kier molecular flexibility index (Phi) is 4.57. The van der Waals surface area contributed by atoms with Gasteiger partial charge in [-0.15, -0.1) is 0 Å². The van der Waals surface area contributed by atoms with Crippen LogP contribution in [0.4, 0.5) is 0 Å². The number of nitrogens with one attached hydrogen (secondary N) is 1. The van der Waals surface area contributed by atoms with Crippen molar-refractivity contribution in [2.45, 2.75) is 45.2 Å². The molecule has 1 aromatic heterocycles. The van der Waals surface area contributed by atoms with Crippen molar-refractivity contribution < 1.29 is 14.1 Å². The first-order valence-corrected chi connectivity index (χ1v) is 8.37. The zero-order valence-electron chi connectivity index (χ0n) is 14.7. The van der Waals surface area contributed by atoms with Crippen molar-refractivity contribution in [3.8, 4) is 0 Å². The van der Waals surface area contributed by atoms with Gasteiger partial charge in [-0.2, -0.15) is 4.98 Å². The lowest BCUT2D eigenvalue weighted by molar-refractivity contribution is -0.120. The first-order chi connectivity index (χ1) is 11.9. The molecule has 0 bridgehead atoms. The Hall–Kier alpha value is -2.70. The molecule has 2 aromatic rings. The molecule has 1 fully saturated rings. The highest BCUT2D eigenvalue weighted by Crippen LogP contribution is 2.33. The zero-order valence-corrected chi connectivity index (χ0v) is 14.7. The van der Waals surface area contributed by atoms with E-state index in [2.05, 4.69) is 15.5 Å². The number of hydrogen-bond donors (Lipinski definition) is 1. The molecule has 7 heteroatoms. The van der Waals surface area contributed by atoms with Crippen LogP contribution in [0.15, 0.2) is 34.9 Å². The fraction of sp³-hybridized carbons (Fsp3) is 0.444. The summed E-state index contributed by atoms with van der Waals surface area (Å²) in [6.45, 7) is 5.72. The van der Waals surface area contributed by atoms with Crippen LogP contribution in [0.3, 0.4) is 0 Å². The van der Waals surface area contributed by atoms with Crippen LogP contribution in [0, 0.1) is 0 Å². The first-order valence-electron chi connectivity index (χ1n) is 8.37. The average molecular weight is 342 g/mol. The second-order valence-electron chi connectivity index (χ2n) is 6.79. The van der Waals surface area contributed by atoms with E-state index in [1.54, 1.807) is 17.0 Å². The summed E-state index contributed by atoms with van der Waals surface area (Å²) in [5.74, 6) is 0.606. The van der Waals surface area contributed by atoms with Gasteiger partial charge in [0.1, 0.15) is 6.04 Å². The van der Waals surface area contributed by atoms with Crippen molar-refractivity contribution in [3.63, 3.8) is 0 Å². The number of amides is 2. The van der Waals surface area contributed by atoms with Gasteiger partial charge in [-0.05, 0) is 38.8 Å². The maximum absolute atomic E-state index is 12.8. The van der Waals surface area contributed by atoms with Crippen molar-refractivity contribution in [3.05, 3.63) is 47.6 Å². The van der Waals surface area contributed by atoms with Gasteiger partial charge >= 0.3 is 0 Å². The van der Waals surface area contributed by atoms with Crippen LogP contribution < -0.4 is 5.32 Å². The smallest absolute Gasteiger partial charge is 0.254 e. The zero-order chi connectivity index (χ0) is 18.0. The lowest BCUT2D eigenvalue weighted by atomic mass is 10.1. The molecule has 132 valence electrons. The van der Waals surface area contributed by atoms with Gasteiger partial charge in [0.25, 0.3) is 5.91 Å². The molecule has 0 unspecified atom stereocenters. The number of rotatable bonds is 4. The third kappa shape index (κ3) is 3.55. The largest absolute Gasteiger partial charge is 0.344 e. The van der Waals surface area contributed by atoms with Gasteiger partial charge in [-0.25, -0.2) is 0 Å². The van der Waals surface area contributed by atoms with Crippen LogP contribution in [0.25, 0.3) is 0 Å². The summed E-state index contributed by atoms with van der Waals surface area (Å²) in [7, 11) is 0.